The highest BCUT2D eigenvalue weighted by atomic mass is 127. The highest BCUT2D eigenvalue weighted by Crippen LogP contribution is 2.31. The number of hydrogen-bond acceptors (Lipinski definition) is 5. The van der Waals surface area contributed by atoms with Gasteiger partial charge in [-0.05, 0) is 31.9 Å². The molecule has 0 aliphatic carbocycles. The molecule has 1 aliphatic heterocycles. The van der Waals surface area contributed by atoms with Crippen molar-refractivity contribution in [2.24, 2.45) is 10.4 Å². The smallest absolute Gasteiger partial charge is 0.242 e. The number of aliphatic hydroxyl groups excluding tert-OH is 1. The molecule has 1 atom stereocenters. The molecule has 0 aromatic carbocycles. The minimum absolute atomic E-state index is 0. The summed E-state index contributed by atoms with van der Waals surface area (Å²) in [4.78, 5) is 16.2. The van der Waals surface area contributed by atoms with Gasteiger partial charge in [0.15, 0.2) is 5.96 Å². The zero-order valence-electron chi connectivity index (χ0n) is 15.1. The fourth-order valence-electron chi connectivity index (χ4n) is 2.73. The molecule has 2 rings (SSSR count). The summed E-state index contributed by atoms with van der Waals surface area (Å²) >= 11 is 0. The maximum atomic E-state index is 11.9. The minimum Gasteiger partial charge on any atom is -0.467 e. The standard InChI is InChI=1S/C17H28N4O4.HI/c1-2-18-16(21-12-17(5-7-22)6-9-24-13-17)20-11-15(23)19-10-14-4-3-8-25-14;/h3-4,8,22H,2,5-7,9-13H2,1H3,(H,19,23)(H2,18,20,21);1H. The van der Waals surface area contributed by atoms with Crippen LogP contribution < -0.4 is 16.0 Å². The van der Waals surface area contributed by atoms with E-state index in [0.717, 1.165) is 6.42 Å². The van der Waals surface area contributed by atoms with E-state index in [1.165, 1.54) is 0 Å². The van der Waals surface area contributed by atoms with Gasteiger partial charge >= 0.3 is 0 Å². The van der Waals surface area contributed by atoms with Gasteiger partial charge < -0.3 is 30.2 Å². The predicted octanol–water partition coefficient (Wildman–Crippen LogP) is 0.858. The maximum Gasteiger partial charge on any atom is 0.242 e. The predicted molar refractivity (Wildman–Crippen MR) is 110 cm³/mol. The molecule has 0 saturated carbocycles. The second-order valence-corrected chi connectivity index (χ2v) is 6.18. The Balaban J connectivity index is 0.00000338. The van der Waals surface area contributed by atoms with Gasteiger partial charge in [-0.2, -0.15) is 0 Å². The molecule has 1 aromatic heterocycles. The Morgan fingerprint density at radius 2 is 2.23 bits per heavy atom. The summed E-state index contributed by atoms with van der Waals surface area (Å²) in [5.74, 6) is 1.11. The molecule has 4 N–H and O–H groups in total. The van der Waals surface area contributed by atoms with Gasteiger partial charge in [0, 0.05) is 31.7 Å². The average Bonchev–Trinajstić information content (AvgIpc) is 3.28. The van der Waals surface area contributed by atoms with Crippen molar-refractivity contribution in [1.82, 2.24) is 16.0 Å². The molecule has 1 amide bonds. The van der Waals surface area contributed by atoms with Crippen LogP contribution in [0.2, 0.25) is 0 Å². The molecule has 8 nitrogen and oxygen atoms in total. The molecule has 1 unspecified atom stereocenters. The SMILES string of the molecule is CCNC(=NCC(=O)NCc1ccco1)NCC1(CCO)CCOC1.I. The number of carbonyl (C=O) groups excluding carboxylic acids is 1. The zero-order chi connectivity index (χ0) is 18.0. The highest BCUT2D eigenvalue weighted by Gasteiger charge is 2.34. The number of halogens is 1. The second-order valence-electron chi connectivity index (χ2n) is 6.18. The van der Waals surface area contributed by atoms with Crippen LogP contribution in [0.15, 0.2) is 27.8 Å². The Labute approximate surface area is 171 Å². The van der Waals surface area contributed by atoms with Crippen molar-refractivity contribution in [3.05, 3.63) is 24.2 Å². The number of nitrogens with zero attached hydrogens (tertiary/aromatic N) is 1. The van der Waals surface area contributed by atoms with Crippen LogP contribution in [0.4, 0.5) is 0 Å². The van der Waals surface area contributed by atoms with Crippen molar-refractivity contribution in [2.45, 2.75) is 26.3 Å². The van der Waals surface area contributed by atoms with Crippen LogP contribution >= 0.6 is 24.0 Å². The van der Waals surface area contributed by atoms with Gasteiger partial charge in [-0.15, -0.1) is 24.0 Å². The molecular formula is C17H29IN4O4. The molecule has 9 heteroatoms. The highest BCUT2D eigenvalue weighted by molar-refractivity contribution is 14.0. The van der Waals surface area contributed by atoms with Crippen molar-refractivity contribution >= 4 is 35.8 Å². The number of ether oxygens (including phenoxy) is 1. The first-order chi connectivity index (χ1) is 12.2. The number of furan rings is 1. The van der Waals surface area contributed by atoms with Crippen molar-refractivity contribution < 1.29 is 19.1 Å². The van der Waals surface area contributed by atoms with Crippen molar-refractivity contribution in [3.63, 3.8) is 0 Å². The molecule has 1 saturated heterocycles. The van der Waals surface area contributed by atoms with Gasteiger partial charge in [0.25, 0.3) is 0 Å². The average molecular weight is 480 g/mol. The first-order valence-corrected chi connectivity index (χ1v) is 8.67. The van der Waals surface area contributed by atoms with E-state index in [1.807, 2.05) is 6.92 Å². The van der Waals surface area contributed by atoms with Crippen LogP contribution in [-0.2, 0) is 16.1 Å². The lowest BCUT2D eigenvalue weighted by Gasteiger charge is -2.27. The van der Waals surface area contributed by atoms with E-state index in [0.29, 0.717) is 51.0 Å². The number of hydrogen-bond donors (Lipinski definition) is 4. The molecule has 2 heterocycles. The van der Waals surface area contributed by atoms with Crippen LogP contribution in [0, 0.1) is 5.41 Å². The Kier molecular flexibility index (Phi) is 10.6. The molecule has 1 fully saturated rings. The Morgan fingerprint density at radius 3 is 2.85 bits per heavy atom. The molecule has 1 aromatic rings. The van der Waals surface area contributed by atoms with E-state index < -0.39 is 0 Å². The summed E-state index contributed by atoms with van der Waals surface area (Å²) in [6.07, 6.45) is 3.16. The van der Waals surface area contributed by atoms with Crippen molar-refractivity contribution in [3.8, 4) is 0 Å². The maximum absolute atomic E-state index is 11.9. The number of guanidine groups is 1. The first-order valence-electron chi connectivity index (χ1n) is 8.67. The van der Waals surface area contributed by atoms with E-state index in [4.69, 9.17) is 9.15 Å². The lowest BCUT2D eigenvalue weighted by molar-refractivity contribution is -0.119. The summed E-state index contributed by atoms with van der Waals surface area (Å²) in [5.41, 5.74) is -0.0769. The van der Waals surface area contributed by atoms with E-state index in [9.17, 15) is 9.90 Å². The fraction of sp³-hybridized carbons (Fsp3) is 0.647. The quantitative estimate of drug-likeness (QED) is 0.237. The topological polar surface area (TPSA) is 108 Å². The lowest BCUT2D eigenvalue weighted by atomic mass is 9.84. The number of aliphatic imine (C=N–C) groups is 1. The number of carbonyl (C=O) groups is 1. The number of aliphatic hydroxyl groups is 1. The van der Waals surface area contributed by atoms with Crippen LogP contribution in [0.5, 0.6) is 0 Å². The molecule has 26 heavy (non-hydrogen) atoms. The molecule has 0 radical (unpaired) electrons. The van der Waals surface area contributed by atoms with Crippen LogP contribution in [0.1, 0.15) is 25.5 Å². The summed E-state index contributed by atoms with van der Waals surface area (Å²) in [7, 11) is 0. The van der Waals surface area contributed by atoms with Gasteiger partial charge in [-0.3, -0.25) is 4.79 Å². The zero-order valence-corrected chi connectivity index (χ0v) is 17.5. The Bertz CT molecular complexity index is 545. The van der Waals surface area contributed by atoms with Gasteiger partial charge in [0.1, 0.15) is 12.3 Å². The Hall–Kier alpha value is -1.33. The summed E-state index contributed by atoms with van der Waals surface area (Å²) < 4.78 is 10.7. The molecule has 0 spiro atoms. The lowest BCUT2D eigenvalue weighted by Crippen LogP contribution is -2.45. The van der Waals surface area contributed by atoms with Gasteiger partial charge in [-0.1, -0.05) is 0 Å². The molecular weight excluding hydrogens is 451 g/mol. The summed E-state index contributed by atoms with van der Waals surface area (Å²) in [6.45, 7) is 5.16. The van der Waals surface area contributed by atoms with E-state index in [1.54, 1.807) is 18.4 Å². The van der Waals surface area contributed by atoms with Gasteiger partial charge in [0.05, 0.1) is 19.4 Å². The minimum atomic E-state index is -0.178. The fourth-order valence-corrected chi connectivity index (χ4v) is 2.73. The first kappa shape index (κ1) is 22.7. The van der Waals surface area contributed by atoms with Gasteiger partial charge in [-0.25, -0.2) is 4.99 Å². The van der Waals surface area contributed by atoms with Crippen LogP contribution in [-0.4, -0.2) is 56.4 Å². The third-order valence-corrected chi connectivity index (χ3v) is 4.22. The third kappa shape index (κ3) is 7.50. The number of amides is 1. The number of rotatable bonds is 9. The van der Waals surface area contributed by atoms with E-state index in [2.05, 4.69) is 20.9 Å². The molecule has 148 valence electrons. The van der Waals surface area contributed by atoms with Gasteiger partial charge in [0.2, 0.25) is 5.91 Å². The van der Waals surface area contributed by atoms with E-state index in [-0.39, 0.29) is 48.5 Å². The monoisotopic (exact) mass is 480 g/mol. The van der Waals surface area contributed by atoms with Crippen molar-refractivity contribution in [1.29, 1.82) is 0 Å². The summed E-state index contributed by atoms with van der Waals surface area (Å²) in [5, 5.41) is 18.4. The summed E-state index contributed by atoms with van der Waals surface area (Å²) in [6, 6.07) is 3.58. The number of nitrogens with one attached hydrogen (secondary N) is 3. The van der Waals surface area contributed by atoms with Crippen LogP contribution in [0.3, 0.4) is 0 Å². The molecule has 1 aliphatic rings. The third-order valence-electron chi connectivity index (χ3n) is 4.22. The Morgan fingerprint density at radius 1 is 1.38 bits per heavy atom. The second kappa shape index (κ2) is 12.1. The van der Waals surface area contributed by atoms with Crippen molar-refractivity contribution in [2.75, 3.05) is 39.5 Å². The van der Waals surface area contributed by atoms with Crippen LogP contribution in [0.25, 0.3) is 0 Å². The largest absolute Gasteiger partial charge is 0.467 e. The molecule has 0 bridgehead atoms. The van der Waals surface area contributed by atoms with E-state index >= 15 is 0 Å². The normalized spacial score (nSPS) is 19.7.